The quantitative estimate of drug-likeness (QED) is 0.569. The fourth-order valence-electron chi connectivity index (χ4n) is 4.64. The number of aromatic nitrogens is 2. The fraction of sp³-hybridized carbons (Fsp3) is 0.478. The lowest BCUT2D eigenvalue weighted by atomic mass is 10.1. The number of likely N-dealkylation sites (N-methyl/N-ethyl adjacent to an activating group) is 1. The Hall–Kier alpha value is -1.97. The van der Waals surface area contributed by atoms with Crippen LogP contribution in [0.2, 0.25) is 5.02 Å². The highest BCUT2D eigenvalue weighted by Gasteiger charge is 2.26. The van der Waals surface area contributed by atoms with E-state index in [-0.39, 0.29) is 11.2 Å². The van der Waals surface area contributed by atoms with E-state index in [1.54, 1.807) is 40.2 Å². The second-order valence-corrected chi connectivity index (χ2v) is 9.83. The number of morpholine rings is 1. The maximum absolute atomic E-state index is 13.7. The average Bonchev–Trinajstić information content (AvgIpc) is 3.18. The molecule has 0 radical (unpaired) electrons. The maximum atomic E-state index is 13.7. The summed E-state index contributed by atoms with van der Waals surface area (Å²) in [6.07, 6.45) is 0.829. The van der Waals surface area contributed by atoms with E-state index >= 15 is 0 Å². The second-order valence-electron chi connectivity index (χ2n) is 8.31. The minimum Gasteiger partial charge on any atom is -0.379 e. The Bertz CT molecular complexity index is 1260. The Morgan fingerprint density at radius 3 is 2.66 bits per heavy atom. The Morgan fingerprint density at radius 1 is 1.09 bits per heavy atom. The van der Waals surface area contributed by atoms with E-state index in [9.17, 15) is 9.59 Å². The number of nitrogens with zero attached hydrogens (tertiary/aromatic N) is 4. The molecule has 1 saturated heterocycles. The number of hydrogen-bond donors (Lipinski definition) is 0. The third kappa shape index (κ3) is 3.95. The van der Waals surface area contributed by atoms with Crippen LogP contribution in [0.25, 0.3) is 15.9 Å². The molecule has 5 rings (SSSR count). The van der Waals surface area contributed by atoms with Crippen molar-refractivity contribution in [1.29, 1.82) is 0 Å². The minimum atomic E-state index is -0.302. The molecule has 0 bridgehead atoms. The molecule has 9 heteroatoms. The molecule has 0 amide bonds. The predicted octanol–water partition coefficient (Wildman–Crippen LogP) is 2.58. The van der Waals surface area contributed by atoms with Crippen molar-refractivity contribution in [3.05, 3.63) is 60.6 Å². The van der Waals surface area contributed by atoms with Gasteiger partial charge in [0.15, 0.2) is 0 Å². The fourth-order valence-corrected chi connectivity index (χ4v) is 6.22. The summed E-state index contributed by atoms with van der Waals surface area (Å²) in [6.45, 7) is 9.32. The predicted molar refractivity (Wildman–Crippen MR) is 129 cm³/mol. The molecule has 2 aliphatic rings. The third-order valence-corrected chi connectivity index (χ3v) is 7.93. The lowest BCUT2D eigenvalue weighted by Gasteiger charge is -2.26. The van der Waals surface area contributed by atoms with Gasteiger partial charge >= 0.3 is 5.69 Å². The van der Waals surface area contributed by atoms with E-state index in [0.29, 0.717) is 35.9 Å². The average molecular weight is 475 g/mol. The van der Waals surface area contributed by atoms with Gasteiger partial charge in [0.2, 0.25) is 0 Å². The van der Waals surface area contributed by atoms with Gasteiger partial charge in [-0.05, 0) is 36.7 Å². The number of hydrogen-bond acceptors (Lipinski definition) is 6. The van der Waals surface area contributed by atoms with Crippen molar-refractivity contribution < 1.29 is 4.74 Å². The zero-order chi connectivity index (χ0) is 22.2. The van der Waals surface area contributed by atoms with Gasteiger partial charge in [0.25, 0.3) is 5.56 Å². The first-order valence-electron chi connectivity index (χ1n) is 11.2. The summed E-state index contributed by atoms with van der Waals surface area (Å²) in [5, 5.41) is 1.20. The van der Waals surface area contributed by atoms with Gasteiger partial charge in [0.1, 0.15) is 4.83 Å². The van der Waals surface area contributed by atoms with Gasteiger partial charge in [0, 0.05) is 49.2 Å². The standard InChI is InChI=1S/C23H27ClN4O3S/c1-2-25-7-6-18-19(15-25)32-22-20(18)21(29)28(17-5-3-4-16(24)14-17)23(30)27(22)9-8-26-10-12-31-13-11-26/h3-5,14H,2,6-13,15H2,1H3. The van der Waals surface area contributed by atoms with Crippen molar-refractivity contribution in [2.45, 2.75) is 26.4 Å². The second kappa shape index (κ2) is 9.11. The molecule has 0 N–H and O–H groups in total. The Kier molecular flexibility index (Phi) is 6.22. The van der Waals surface area contributed by atoms with Crippen LogP contribution < -0.4 is 11.2 Å². The highest BCUT2D eigenvalue weighted by molar-refractivity contribution is 7.18. The van der Waals surface area contributed by atoms with Crippen LogP contribution in [0, 0.1) is 0 Å². The van der Waals surface area contributed by atoms with Gasteiger partial charge in [0.05, 0.1) is 24.3 Å². The molecule has 32 heavy (non-hydrogen) atoms. The Morgan fingerprint density at radius 2 is 1.91 bits per heavy atom. The van der Waals surface area contributed by atoms with Crippen LogP contribution in [0.15, 0.2) is 33.9 Å². The van der Waals surface area contributed by atoms with Crippen molar-refractivity contribution in [2.24, 2.45) is 0 Å². The number of halogens is 1. The monoisotopic (exact) mass is 474 g/mol. The third-order valence-electron chi connectivity index (χ3n) is 6.46. The molecule has 7 nitrogen and oxygen atoms in total. The molecule has 4 heterocycles. The Balaban J connectivity index is 1.68. The molecular weight excluding hydrogens is 448 g/mol. The van der Waals surface area contributed by atoms with Gasteiger partial charge in [-0.15, -0.1) is 11.3 Å². The maximum Gasteiger partial charge on any atom is 0.336 e. The van der Waals surface area contributed by atoms with E-state index in [0.717, 1.165) is 56.1 Å². The van der Waals surface area contributed by atoms with Gasteiger partial charge in [-0.2, -0.15) is 0 Å². The van der Waals surface area contributed by atoms with Crippen LogP contribution in [0.1, 0.15) is 17.4 Å². The largest absolute Gasteiger partial charge is 0.379 e. The highest BCUT2D eigenvalue weighted by atomic mass is 35.5. The van der Waals surface area contributed by atoms with Gasteiger partial charge in [-0.25, -0.2) is 9.36 Å². The summed E-state index contributed by atoms with van der Waals surface area (Å²) >= 11 is 7.81. The number of ether oxygens (including phenoxy) is 1. The molecule has 0 aliphatic carbocycles. The molecule has 170 valence electrons. The van der Waals surface area contributed by atoms with Crippen molar-refractivity contribution in [1.82, 2.24) is 18.9 Å². The molecule has 2 aromatic heterocycles. The van der Waals surface area contributed by atoms with E-state index in [4.69, 9.17) is 16.3 Å². The Labute approximate surface area is 195 Å². The van der Waals surface area contributed by atoms with Crippen LogP contribution >= 0.6 is 22.9 Å². The summed E-state index contributed by atoms with van der Waals surface area (Å²) in [6, 6.07) is 6.97. The van der Waals surface area contributed by atoms with Crippen LogP contribution in [-0.4, -0.2) is 64.9 Å². The first-order chi connectivity index (χ1) is 15.6. The minimum absolute atomic E-state index is 0.239. The van der Waals surface area contributed by atoms with Crippen LogP contribution in [0.4, 0.5) is 0 Å². The molecule has 0 saturated carbocycles. The molecule has 2 aliphatic heterocycles. The molecular formula is C23H27ClN4O3S. The number of rotatable bonds is 5. The molecule has 0 atom stereocenters. The summed E-state index contributed by atoms with van der Waals surface area (Å²) in [7, 11) is 0. The number of benzene rings is 1. The van der Waals surface area contributed by atoms with Crippen molar-refractivity contribution in [3.8, 4) is 5.69 Å². The molecule has 3 aromatic rings. The van der Waals surface area contributed by atoms with Crippen molar-refractivity contribution in [3.63, 3.8) is 0 Å². The first-order valence-corrected chi connectivity index (χ1v) is 12.3. The van der Waals surface area contributed by atoms with Crippen LogP contribution in [0.5, 0.6) is 0 Å². The molecule has 1 aromatic carbocycles. The van der Waals surface area contributed by atoms with Gasteiger partial charge < -0.3 is 4.74 Å². The van der Waals surface area contributed by atoms with E-state index in [1.807, 2.05) is 0 Å². The van der Waals surface area contributed by atoms with Gasteiger partial charge in [-0.3, -0.25) is 19.2 Å². The smallest absolute Gasteiger partial charge is 0.336 e. The normalized spacial score (nSPS) is 17.7. The summed E-state index contributed by atoms with van der Waals surface area (Å²) < 4.78 is 8.55. The molecule has 0 spiro atoms. The van der Waals surface area contributed by atoms with E-state index in [1.165, 1.54) is 9.44 Å². The number of thiophene rings is 1. The van der Waals surface area contributed by atoms with Crippen LogP contribution in [-0.2, 0) is 24.2 Å². The van der Waals surface area contributed by atoms with Gasteiger partial charge in [-0.1, -0.05) is 24.6 Å². The summed E-state index contributed by atoms with van der Waals surface area (Å²) in [4.78, 5) is 34.0. The SMILES string of the molecule is CCN1CCc2c(sc3c2c(=O)n(-c2cccc(Cl)c2)c(=O)n3CCN2CCOCC2)C1. The lowest BCUT2D eigenvalue weighted by molar-refractivity contribution is 0.0364. The van der Waals surface area contributed by atoms with Crippen molar-refractivity contribution >= 4 is 33.2 Å². The van der Waals surface area contributed by atoms with Crippen molar-refractivity contribution in [2.75, 3.05) is 45.9 Å². The summed E-state index contributed by atoms with van der Waals surface area (Å²) in [5.74, 6) is 0. The van der Waals surface area contributed by atoms with E-state index in [2.05, 4.69) is 16.7 Å². The first kappa shape index (κ1) is 21.9. The summed E-state index contributed by atoms with van der Waals surface area (Å²) in [5.41, 5.74) is 1.08. The van der Waals surface area contributed by atoms with Crippen LogP contribution in [0.3, 0.4) is 0 Å². The zero-order valence-corrected chi connectivity index (χ0v) is 19.8. The number of fused-ring (bicyclic) bond motifs is 3. The highest BCUT2D eigenvalue weighted by Crippen LogP contribution is 2.33. The zero-order valence-electron chi connectivity index (χ0n) is 18.2. The molecule has 0 unspecified atom stereocenters. The lowest BCUT2D eigenvalue weighted by Crippen LogP contribution is -2.43. The molecule has 1 fully saturated rings. The van der Waals surface area contributed by atoms with E-state index < -0.39 is 0 Å². The topological polar surface area (TPSA) is 59.7 Å².